The predicted molar refractivity (Wildman–Crippen MR) is 77.4 cm³/mol. The van der Waals surface area contributed by atoms with Crippen molar-refractivity contribution in [1.29, 1.82) is 0 Å². The van der Waals surface area contributed by atoms with E-state index in [1.54, 1.807) is 0 Å². The van der Waals surface area contributed by atoms with Crippen LogP contribution < -0.4 is 10.1 Å². The molecule has 0 spiro atoms. The second kappa shape index (κ2) is 8.27. The third kappa shape index (κ3) is 5.53. The maximum Gasteiger partial charge on any atom is 0.119 e. The molecule has 1 aromatic heterocycles. The second-order valence-corrected chi connectivity index (χ2v) is 4.34. The Balaban J connectivity index is 1.49. The van der Waals surface area contributed by atoms with Crippen LogP contribution in [0.15, 0.2) is 54.7 Å². The molecule has 0 amide bonds. The maximum absolute atomic E-state index is 5.62. The lowest BCUT2D eigenvalue weighted by Crippen LogP contribution is -2.20. The number of aromatic nitrogens is 1. The summed E-state index contributed by atoms with van der Waals surface area (Å²) in [6.45, 7) is 2.68. The molecule has 0 aliphatic heterocycles. The minimum atomic E-state index is 0.751. The van der Waals surface area contributed by atoms with E-state index in [9.17, 15) is 0 Å². The minimum Gasteiger partial charge on any atom is -0.494 e. The normalized spacial score (nSPS) is 10.3. The molecule has 0 fully saturated rings. The molecule has 0 aliphatic carbocycles. The molecular formula is C16H20N2O. The van der Waals surface area contributed by atoms with Gasteiger partial charge in [-0.2, -0.15) is 0 Å². The van der Waals surface area contributed by atoms with Crippen LogP contribution in [0.2, 0.25) is 0 Å². The average molecular weight is 256 g/mol. The molecule has 3 heteroatoms. The van der Waals surface area contributed by atoms with Crippen LogP contribution in [0.1, 0.15) is 12.1 Å². The Hall–Kier alpha value is -1.87. The third-order valence-corrected chi connectivity index (χ3v) is 2.79. The molecule has 0 saturated carbocycles. The van der Waals surface area contributed by atoms with Gasteiger partial charge in [-0.15, -0.1) is 0 Å². The standard InChI is InChI=1S/C16H20N2O/c1-2-8-16(9-3-1)19-14-6-11-17-13-10-15-7-4-5-12-18-15/h1-5,7-9,12,17H,6,10-11,13-14H2. The van der Waals surface area contributed by atoms with Crippen LogP contribution in [0.3, 0.4) is 0 Å². The lowest BCUT2D eigenvalue weighted by atomic mass is 10.3. The number of hydrogen-bond donors (Lipinski definition) is 1. The van der Waals surface area contributed by atoms with Gasteiger partial charge in [0.05, 0.1) is 6.61 Å². The van der Waals surface area contributed by atoms with Gasteiger partial charge in [-0.1, -0.05) is 24.3 Å². The number of hydrogen-bond acceptors (Lipinski definition) is 3. The Kier molecular flexibility index (Phi) is 5.90. The van der Waals surface area contributed by atoms with E-state index >= 15 is 0 Å². The molecular weight excluding hydrogens is 236 g/mol. The summed E-state index contributed by atoms with van der Waals surface area (Å²) in [4.78, 5) is 4.29. The van der Waals surface area contributed by atoms with E-state index in [4.69, 9.17) is 4.74 Å². The number of nitrogens with zero attached hydrogens (tertiary/aromatic N) is 1. The zero-order valence-corrected chi connectivity index (χ0v) is 11.1. The van der Waals surface area contributed by atoms with Gasteiger partial charge in [-0.25, -0.2) is 0 Å². The van der Waals surface area contributed by atoms with Crippen molar-refractivity contribution in [1.82, 2.24) is 10.3 Å². The Morgan fingerprint density at radius 1 is 0.947 bits per heavy atom. The van der Waals surface area contributed by atoms with Crippen LogP contribution >= 0.6 is 0 Å². The summed E-state index contributed by atoms with van der Waals surface area (Å²) in [6, 6.07) is 15.9. The van der Waals surface area contributed by atoms with E-state index in [1.165, 1.54) is 0 Å². The van der Waals surface area contributed by atoms with E-state index in [1.807, 2.05) is 48.7 Å². The first kappa shape index (κ1) is 13.6. The SMILES string of the molecule is c1ccc(OCCCNCCc2ccccn2)cc1. The van der Waals surface area contributed by atoms with Gasteiger partial charge in [-0.3, -0.25) is 4.98 Å². The highest BCUT2D eigenvalue weighted by Gasteiger charge is 1.94. The van der Waals surface area contributed by atoms with Crippen LogP contribution in [0, 0.1) is 0 Å². The van der Waals surface area contributed by atoms with Crippen molar-refractivity contribution in [3.05, 3.63) is 60.4 Å². The van der Waals surface area contributed by atoms with Crippen molar-refractivity contribution >= 4 is 0 Å². The zero-order chi connectivity index (χ0) is 13.2. The molecule has 19 heavy (non-hydrogen) atoms. The number of ether oxygens (including phenoxy) is 1. The smallest absolute Gasteiger partial charge is 0.119 e. The van der Waals surface area contributed by atoms with E-state index in [0.717, 1.165) is 44.0 Å². The highest BCUT2D eigenvalue weighted by Crippen LogP contribution is 2.07. The molecule has 0 radical (unpaired) electrons. The summed E-state index contributed by atoms with van der Waals surface area (Å²) >= 11 is 0. The minimum absolute atomic E-state index is 0.751. The van der Waals surface area contributed by atoms with E-state index < -0.39 is 0 Å². The topological polar surface area (TPSA) is 34.1 Å². The molecule has 100 valence electrons. The molecule has 0 bridgehead atoms. The number of pyridine rings is 1. The highest BCUT2D eigenvalue weighted by molar-refractivity contribution is 5.20. The molecule has 2 rings (SSSR count). The van der Waals surface area contributed by atoms with Gasteiger partial charge in [0.1, 0.15) is 5.75 Å². The highest BCUT2D eigenvalue weighted by atomic mass is 16.5. The van der Waals surface area contributed by atoms with E-state index in [2.05, 4.69) is 16.4 Å². The fourth-order valence-corrected chi connectivity index (χ4v) is 1.79. The first-order chi connectivity index (χ1) is 9.45. The van der Waals surface area contributed by atoms with Crippen molar-refractivity contribution in [2.24, 2.45) is 0 Å². The first-order valence-corrected chi connectivity index (χ1v) is 6.73. The van der Waals surface area contributed by atoms with Crippen molar-refractivity contribution in [2.45, 2.75) is 12.8 Å². The number of para-hydroxylation sites is 1. The van der Waals surface area contributed by atoms with E-state index in [0.29, 0.717) is 0 Å². The second-order valence-electron chi connectivity index (χ2n) is 4.34. The molecule has 0 unspecified atom stereocenters. The van der Waals surface area contributed by atoms with Gasteiger partial charge < -0.3 is 10.1 Å². The lowest BCUT2D eigenvalue weighted by molar-refractivity contribution is 0.308. The van der Waals surface area contributed by atoms with Gasteiger partial charge in [0.25, 0.3) is 0 Å². The molecule has 0 aliphatic rings. The summed E-state index contributed by atoms with van der Waals surface area (Å²) in [7, 11) is 0. The summed E-state index contributed by atoms with van der Waals surface area (Å²) in [5, 5.41) is 3.40. The van der Waals surface area contributed by atoms with Crippen LogP contribution in [-0.4, -0.2) is 24.7 Å². The monoisotopic (exact) mass is 256 g/mol. The van der Waals surface area contributed by atoms with Gasteiger partial charge in [-0.05, 0) is 37.2 Å². The summed E-state index contributed by atoms with van der Waals surface area (Å²) < 4.78 is 5.62. The fourth-order valence-electron chi connectivity index (χ4n) is 1.79. The number of nitrogens with one attached hydrogen (secondary N) is 1. The molecule has 0 saturated heterocycles. The van der Waals surface area contributed by atoms with Crippen molar-refractivity contribution in [3.63, 3.8) is 0 Å². The fraction of sp³-hybridized carbons (Fsp3) is 0.312. The average Bonchev–Trinajstić information content (AvgIpc) is 2.48. The van der Waals surface area contributed by atoms with Crippen LogP contribution in [-0.2, 0) is 6.42 Å². The van der Waals surface area contributed by atoms with Crippen LogP contribution in [0.5, 0.6) is 5.75 Å². The summed E-state index contributed by atoms with van der Waals surface area (Å²) in [5.41, 5.74) is 1.13. The van der Waals surface area contributed by atoms with Gasteiger partial charge in [0.2, 0.25) is 0 Å². The maximum atomic E-state index is 5.62. The molecule has 1 heterocycles. The quantitative estimate of drug-likeness (QED) is 0.737. The number of rotatable bonds is 8. The summed E-state index contributed by atoms with van der Waals surface area (Å²) in [6.07, 6.45) is 3.82. The van der Waals surface area contributed by atoms with Gasteiger partial charge in [0.15, 0.2) is 0 Å². The Labute approximate surface area is 114 Å². The Bertz CT molecular complexity index is 401. The molecule has 1 aromatic carbocycles. The molecule has 2 aromatic rings. The van der Waals surface area contributed by atoms with Crippen LogP contribution in [0.25, 0.3) is 0 Å². The Morgan fingerprint density at radius 2 is 1.79 bits per heavy atom. The first-order valence-electron chi connectivity index (χ1n) is 6.73. The molecule has 1 N–H and O–H groups in total. The molecule has 3 nitrogen and oxygen atoms in total. The van der Waals surface area contributed by atoms with Gasteiger partial charge >= 0.3 is 0 Å². The van der Waals surface area contributed by atoms with E-state index in [-0.39, 0.29) is 0 Å². The van der Waals surface area contributed by atoms with Crippen LogP contribution in [0.4, 0.5) is 0 Å². The predicted octanol–water partition coefficient (Wildman–Crippen LogP) is 2.68. The zero-order valence-electron chi connectivity index (χ0n) is 11.1. The Morgan fingerprint density at radius 3 is 2.58 bits per heavy atom. The van der Waals surface area contributed by atoms with Crippen molar-refractivity contribution < 1.29 is 4.74 Å². The third-order valence-electron chi connectivity index (χ3n) is 2.79. The van der Waals surface area contributed by atoms with Crippen molar-refractivity contribution in [2.75, 3.05) is 19.7 Å². The van der Waals surface area contributed by atoms with Gasteiger partial charge in [0, 0.05) is 24.9 Å². The lowest BCUT2D eigenvalue weighted by Gasteiger charge is -2.07. The largest absolute Gasteiger partial charge is 0.494 e. The number of benzene rings is 1. The summed E-state index contributed by atoms with van der Waals surface area (Å²) in [5.74, 6) is 0.941. The molecule has 0 atom stereocenters. The van der Waals surface area contributed by atoms with Crippen molar-refractivity contribution in [3.8, 4) is 5.75 Å².